The van der Waals surface area contributed by atoms with E-state index in [-0.39, 0.29) is 16.2 Å². The van der Waals surface area contributed by atoms with Gasteiger partial charge in [-0.05, 0) is 88.6 Å². The minimum atomic E-state index is 0.0503. The molecule has 2 heteroatoms. The van der Waals surface area contributed by atoms with Crippen LogP contribution in [0.2, 0.25) is 0 Å². The lowest BCUT2D eigenvalue weighted by Gasteiger charge is -2.37. The van der Waals surface area contributed by atoms with Gasteiger partial charge in [0.1, 0.15) is 0 Å². The molecule has 4 rings (SSSR count). The molecule has 1 aliphatic heterocycles. The van der Waals surface area contributed by atoms with Crippen LogP contribution in [0.1, 0.15) is 103 Å². The molecule has 0 spiro atoms. The van der Waals surface area contributed by atoms with Crippen molar-refractivity contribution >= 4 is 17.1 Å². The SMILES string of the molecule is CCCC(C)(C)c1ccc2c(c1)Oc1cc(C(C)(C)C)ccc1N2c1c(C)cc(C(C)(C)C)cc1C. The van der Waals surface area contributed by atoms with E-state index in [1.165, 1.54) is 33.5 Å². The smallest absolute Gasteiger partial charge is 0.151 e. The fourth-order valence-corrected chi connectivity index (χ4v) is 5.45. The number of ether oxygens (including phenoxy) is 1. The topological polar surface area (TPSA) is 12.5 Å². The molecule has 0 unspecified atom stereocenters. The van der Waals surface area contributed by atoms with Crippen molar-refractivity contribution < 1.29 is 4.74 Å². The van der Waals surface area contributed by atoms with Crippen LogP contribution in [0.25, 0.3) is 0 Å². The largest absolute Gasteiger partial charge is 0.453 e. The van der Waals surface area contributed by atoms with Crippen LogP contribution in [0.3, 0.4) is 0 Å². The molecule has 1 heterocycles. The number of fused-ring (bicyclic) bond motifs is 2. The van der Waals surface area contributed by atoms with Crippen LogP contribution in [0.5, 0.6) is 11.5 Å². The van der Waals surface area contributed by atoms with Crippen LogP contribution in [-0.4, -0.2) is 0 Å². The number of rotatable bonds is 4. The number of benzene rings is 3. The summed E-state index contributed by atoms with van der Waals surface area (Å²) >= 11 is 0. The third-order valence-corrected chi connectivity index (χ3v) is 7.72. The Balaban J connectivity index is 1.96. The summed E-state index contributed by atoms with van der Waals surface area (Å²) in [5.41, 5.74) is 10.3. The molecule has 1 aliphatic rings. The fourth-order valence-electron chi connectivity index (χ4n) is 5.45. The van der Waals surface area contributed by atoms with Crippen molar-refractivity contribution in [2.24, 2.45) is 0 Å². The molecule has 3 aromatic carbocycles. The average Bonchev–Trinajstić information content (AvgIpc) is 2.76. The summed E-state index contributed by atoms with van der Waals surface area (Å²) in [6.07, 6.45) is 2.31. The van der Waals surface area contributed by atoms with E-state index >= 15 is 0 Å². The van der Waals surface area contributed by atoms with E-state index < -0.39 is 0 Å². The molecule has 0 atom stereocenters. The monoisotopic (exact) mass is 483 g/mol. The summed E-state index contributed by atoms with van der Waals surface area (Å²) < 4.78 is 6.70. The van der Waals surface area contributed by atoms with E-state index in [0.29, 0.717) is 0 Å². The summed E-state index contributed by atoms with van der Waals surface area (Å²) in [4.78, 5) is 2.42. The molecule has 0 N–H and O–H groups in total. The van der Waals surface area contributed by atoms with E-state index in [4.69, 9.17) is 4.74 Å². The third-order valence-electron chi connectivity index (χ3n) is 7.72. The van der Waals surface area contributed by atoms with E-state index in [2.05, 4.69) is 130 Å². The van der Waals surface area contributed by atoms with Crippen molar-refractivity contribution in [3.05, 3.63) is 76.3 Å². The Morgan fingerprint density at radius 1 is 0.639 bits per heavy atom. The van der Waals surface area contributed by atoms with Gasteiger partial charge in [0.15, 0.2) is 11.5 Å². The van der Waals surface area contributed by atoms with Gasteiger partial charge in [0.2, 0.25) is 0 Å². The van der Waals surface area contributed by atoms with Gasteiger partial charge in [-0.15, -0.1) is 0 Å². The molecule has 2 nitrogen and oxygen atoms in total. The molecule has 192 valence electrons. The van der Waals surface area contributed by atoms with Gasteiger partial charge in [-0.1, -0.05) is 93.0 Å². The van der Waals surface area contributed by atoms with Crippen LogP contribution in [0, 0.1) is 13.8 Å². The first-order valence-electron chi connectivity index (χ1n) is 13.5. The van der Waals surface area contributed by atoms with Gasteiger partial charge in [0.25, 0.3) is 0 Å². The zero-order valence-corrected chi connectivity index (χ0v) is 24.4. The van der Waals surface area contributed by atoms with Crippen LogP contribution < -0.4 is 9.64 Å². The minimum Gasteiger partial charge on any atom is -0.453 e. The molecular weight excluding hydrogens is 438 g/mol. The first kappa shape index (κ1) is 26.3. The summed E-state index contributed by atoms with van der Waals surface area (Å²) in [6, 6.07) is 18.3. The van der Waals surface area contributed by atoms with Crippen molar-refractivity contribution in [2.45, 2.75) is 105 Å². The van der Waals surface area contributed by atoms with E-state index in [9.17, 15) is 0 Å². The van der Waals surface area contributed by atoms with Crippen molar-refractivity contribution in [3.63, 3.8) is 0 Å². The lowest BCUT2D eigenvalue weighted by molar-refractivity contribution is 0.454. The number of hydrogen-bond donors (Lipinski definition) is 0. The van der Waals surface area contributed by atoms with Crippen LogP contribution in [0.4, 0.5) is 17.1 Å². The average molecular weight is 484 g/mol. The Labute approximate surface area is 219 Å². The predicted octanol–water partition coefficient (Wildman–Crippen LogP) is 10.6. The second kappa shape index (κ2) is 8.98. The highest BCUT2D eigenvalue weighted by Crippen LogP contribution is 2.53. The van der Waals surface area contributed by atoms with Crippen LogP contribution in [-0.2, 0) is 16.2 Å². The minimum absolute atomic E-state index is 0.0503. The lowest BCUT2D eigenvalue weighted by Crippen LogP contribution is -2.22. The van der Waals surface area contributed by atoms with E-state index in [1.54, 1.807) is 0 Å². The van der Waals surface area contributed by atoms with Crippen molar-refractivity contribution in [2.75, 3.05) is 4.90 Å². The van der Waals surface area contributed by atoms with E-state index in [1.807, 2.05) is 0 Å². The molecule has 0 radical (unpaired) electrons. The summed E-state index contributed by atoms with van der Waals surface area (Å²) in [6.45, 7) is 25.1. The maximum Gasteiger partial charge on any atom is 0.151 e. The van der Waals surface area contributed by atoms with E-state index in [0.717, 1.165) is 35.7 Å². The van der Waals surface area contributed by atoms with Crippen LogP contribution in [0.15, 0.2) is 48.5 Å². The lowest BCUT2D eigenvalue weighted by atomic mass is 9.80. The highest BCUT2D eigenvalue weighted by atomic mass is 16.5. The maximum atomic E-state index is 6.70. The molecule has 0 amide bonds. The number of hydrogen-bond acceptors (Lipinski definition) is 2. The van der Waals surface area contributed by atoms with Crippen molar-refractivity contribution in [3.8, 4) is 11.5 Å². The standard InChI is InChI=1S/C34H45NO/c1-12-17-34(10,11)25-14-16-28-30(21-25)36-29-20-24(32(4,5)6)13-15-27(29)35(28)31-22(2)18-26(19-23(31)3)33(7,8)9/h13-16,18-21H,12,17H2,1-11H3. The Hall–Kier alpha value is -2.74. The van der Waals surface area contributed by atoms with Gasteiger partial charge in [-0.2, -0.15) is 0 Å². The Morgan fingerprint density at radius 3 is 1.58 bits per heavy atom. The number of anilines is 3. The molecule has 3 aromatic rings. The van der Waals surface area contributed by atoms with Gasteiger partial charge < -0.3 is 9.64 Å². The van der Waals surface area contributed by atoms with Crippen molar-refractivity contribution in [1.82, 2.24) is 0 Å². The second-order valence-corrected chi connectivity index (χ2v) is 13.4. The zero-order chi connectivity index (χ0) is 26.6. The van der Waals surface area contributed by atoms with Gasteiger partial charge in [0.05, 0.1) is 17.1 Å². The molecule has 0 saturated heterocycles. The van der Waals surface area contributed by atoms with Gasteiger partial charge in [-0.3, -0.25) is 0 Å². The third kappa shape index (κ3) is 4.80. The molecule has 0 aromatic heterocycles. The molecule has 0 aliphatic carbocycles. The quantitative estimate of drug-likeness (QED) is 0.286. The number of nitrogens with zero attached hydrogens (tertiary/aromatic N) is 1. The normalized spacial score (nSPS) is 13.8. The second-order valence-electron chi connectivity index (χ2n) is 13.4. The van der Waals surface area contributed by atoms with Gasteiger partial charge in [0, 0.05) is 0 Å². The predicted molar refractivity (Wildman–Crippen MR) is 156 cm³/mol. The molecular formula is C34H45NO. The van der Waals surface area contributed by atoms with Gasteiger partial charge >= 0.3 is 0 Å². The highest BCUT2D eigenvalue weighted by Gasteiger charge is 2.31. The first-order valence-corrected chi connectivity index (χ1v) is 13.5. The van der Waals surface area contributed by atoms with Crippen molar-refractivity contribution in [1.29, 1.82) is 0 Å². The van der Waals surface area contributed by atoms with Gasteiger partial charge in [-0.25, -0.2) is 0 Å². The Kier molecular flexibility index (Phi) is 6.56. The summed E-state index contributed by atoms with van der Waals surface area (Å²) in [5.74, 6) is 1.87. The first-order chi connectivity index (χ1) is 16.6. The highest BCUT2D eigenvalue weighted by molar-refractivity contribution is 5.89. The van der Waals surface area contributed by atoms with Crippen LogP contribution >= 0.6 is 0 Å². The fraction of sp³-hybridized carbons (Fsp3) is 0.471. The molecule has 0 bridgehead atoms. The maximum absolute atomic E-state index is 6.70. The summed E-state index contributed by atoms with van der Waals surface area (Å²) in [7, 11) is 0. The molecule has 0 saturated carbocycles. The Morgan fingerprint density at radius 2 is 1.11 bits per heavy atom. The molecule has 36 heavy (non-hydrogen) atoms. The number of aryl methyl sites for hydroxylation is 2. The Bertz CT molecular complexity index is 1260. The zero-order valence-electron chi connectivity index (χ0n) is 24.4. The summed E-state index contributed by atoms with van der Waals surface area (Å²) in [5, 5.41) is 0. The molecule has 0 fully saturated rings.